The lowest BCUT2D eigenvalue weighted by Crippen LogP contribution is -2.11. The van der Waals surface area contributed by atoms with Gasteiger partial charge in [0.25, 0.3) is 0 Å². The summed E-state index contributed by atoms with van der Waals surface area (Å²) >= 11 is 0. The van der Waals surface area contributed by atoms with Crippen LogP contribution in [0.3, 0.4) is 0 Å². The third kappa shape index (κ3) is 3.77. The van der Waals surface area contributed by atoms with Gasteiger partial charge in [-0.15, -0.1) is 0 Å². The predicted molar refractivity (Wildman–Crippen MR) is 99.1 cm³/mol. The number of nitrogens with zero attached hydrogens (tertiary/aromatic N) is 3. The minimum Gasteiger partial charge on any atom is -0.360 e. The first kappa shape index (κ1) is 17.3. The van der Waals surface area contributed by atoms with Gasteiger partial charge in [0.2, 0.25) is 5.82 Å². The molecule has 0 atom stereocenters. The van der Waals surface area contributed by atoms with Crippen LogP contribution in [0.5, 0.6) is 0 Å². The largest absolute Gasteiger partial charge is 0.360 e. The van der Waals surface area contributed by atoms with E-state index < -0.39 is 4.92 Å². The van der Waals surface area contributed by atoms with Gasteiger partial charge in [0.1, 0.15) is 5.82 Å². The molecule has 0 fully saturated rings. The Bertz CT molecular complexity index is 918. The summed E-state index contributed by atoms with van der Waals surface area (Å²) in [5.74, 6) is -0.213. The van der Waals surface area contributed by atoms with Gasteiger partial charge in [-0.2, -0.15) is 0 Å². The zero-order valence-corrected chi connectivity index (χ0v) is 14.1. The second-order valence-corrected chi connectivity index (χ2v) is 5.66. The molecule has 1 N–H and O–H groups in total. The van der Waals surface area contributed by atoms with E-state index in [2.05, 4.69) is 10.3 Å². The smallest absolute Gasteiger partial charge is 0.311 e. The second kappa shape index (κ2) is 7.60. The molecule has 0 saturated heterocycles. The highest BCUT2D eigenvalue weighted by molar-refractivity contribution is 5.63. The van der Waals surface area contributed by atoms with E-state index in [0.29, 0.717) is 11.3 Å². The van der Waals surface area contributed by atoms with Crippen molar-refractivity contribution in [2.75, 3.05) is 17.3 Å². The van der Waals surface area contributed by atoms with Gasteiger partial charge in [-0.25, -0.2) is 9.37 Å². The summed E-state index contributed by atoms with van der Waals surface area (Å²) < 4.78 is 14.5. The van der Waals surface area contributed by atoms with Crippen LogP contribution in [0.15, 0.2) is 66.9 Å². The molecule has 3 aromatic rings. The van der Waals surface area contributed by atoms with E-state index in [9.17, 15) is 14.5 Å². The molecule has 0 bridgehead atoms. The van der Waals surface area contributed by atoms with E-state index in [4.69, 9.17) is 0 Å². The molecule has 0 radical (unpaired) electrons. The average Bonchev–Trinajstić information content (AvgIpc) is 2.67. The third-order valence-electron chi connectivity index (χ3n) is 3.96. The number of para-hydroxylation sites is 1. The maximum absolute atomic E-state index is 14.5. The van der Waals surface area contributed by atoms with Crippen LogP contribution in [-0.2, 0) is 6.54 Å². The first-order chi connectivity index (χ1) is 12.6. The van der Waals surface area contributed by atoms with Gasteiger partial charge in [0.05, 0.1) is 10.6 Å². The van der Waals surface area contributed by atoms with Crippen molar-refractivity contribution in [3.8, 4) is 0 Å². The molecule has 0 aliphatic carbocycles. The topological polar surface area (TPSA) is 71.3 Å². The summed E-state index contributed by atoms with van der Waals surface area (Å²) in [5.41, 5.74) is 1.87. The van der Waals surface area contributed by atoms with Crippen LogP contribution in [0, 0.1) is 15.9 Å². The first-order valence-electron chi connectivity index (χ1n) is 7.97. The second-order valence-electron chi connectivity index (χ2n) is 5.66. The fourth-order valence-corrected chi connectivity index (χ4v) is 2.59. The standard InChI is InChI=1S/C19H17FN4O2/c1-23(15-6-3-2-4-7-15)17-10-9-14(12-16(17)20)13-22-19-18(24(25)26)8-5-11-21-19/h2-12H,13H2,1H3,(H,21,22). The Morgan fingerprint density at radius 1 is 1.15 bits per heavy atom. The normalized spacial score (nSPS) is 10.4. The number of hydrogen-bond donors (Lipinski definition) is 1. The lowest BCUT2D eigenvalue weighted by Gasteiger charge is -2.20. The van der Waals surface area contributed by atoms with Gasteiger partial charge in [-0.3, -0.25) is 10.1 Å². The molecule has 7 heteroatoms. The SMILES string of the molecule is CN(c1ccccc1)c1ccc(CNc2ncccc2[N+](=O)[O-])cc1F. The molecule has 0 spiro atoms. The summed E-state index contributed by atoms with van der Waals surface area (Å²) in [6.07, 6.45) is 1.47. The quantitative estimate of drug-likeness (QED) is 0.522. The molecule has 0 aliphatic rings. The van der Waals surface area contributed by atoms with Crippen molar-refractivity contribution >= 4 is 22.9 Å². The summed E-state index contributed by atoms with van der Waals surface area (Å²) in [4.78, 5) is 16.2. The molecule has 0 unspecified atom stereocenters. The maximum Gasteiger partial charge on any atom is 0.311 e. The van der Waals surface area contributed by atoms with Crippen LogP contribution in [0.1, 0.15) is 5.56 Å². The minimum absolute atomic E-state index is 0.117. The van der Waals surface area contributed by atoms with Crippen LogP contribution in [0.4, 0.5) is 27.3 Å². The van der Waals surface area contributed by atoms with E-state index >= 15 is 0 Å². The number of rotatable bonds is 6. The van der Waals surface area contributed by atoms with Crippen LogP contribution < -0.4 is 10.2 Å². The highest BCUT2D eigenvalue weighted by Crippen LogP contribution is 2.27. The van der Waals surface area contributed by atoms with Crippen LogP contribution in [0.2, 0.25) is 0 Å². The maximum atomic E-state index is 14.5. The van der Waals surface area contributed by atoms with Crippen molar-refractivity contribution in [2.45, 2.75) is 6.54 Å². The van der Waals surface area contributed by atoms with Crippen molar-refractivity contribution in [3.05, 3.63) is 88.4 Å². The van der Waals surface area contributed by atoms with Gasteiger partial charge in [0.15, 0.2) is 0 Å². The molecule has 26 heavy (non-hydrogen) atoms. The summed E-state index contributed by atoms with van der Waals surface area (Å²) in [5, 5.41) is 13.9. The Morgan fingerprint density at radius 3 is 2.62 bits per heavy atom. The summed E-state index contributed by atoms with van der Waals surface area (Å²) in [6, 6.07) is 17.2. The van der Waals surface area contributed by atoms with Crippen molar-refractivity contribution in [1.82, 2.24) is 4.98 Å². The summed E-state index contributed by atoms with van der Waals surface area (Å²) in [7, 11) is 1.79. The molecule has 0 amide bonds. The molecule has 0 aliphatic heterocycles. The average molecular weight is 352 g/mol. The van der Waals surface area contributed by atoms with E-state index in [1.807, 2.05) is 30.3 Å². The van der Waals surface area contributed by atoms with Gasteiger partial charge in [0, 0.05) is 31.5 Å². The lowest BCUT2D eigenvalue weighted by molar-refractivity contribution is -0.384. The molecular formula is C19H17FN4O2. The van der Waals surface area contributed by atoms with E-state index in [-0.39, 0.29) is 23.9 Å². The van der Waals surface area contributed by atoms with E-state index in [0.717, 1.165) is 5.69 Å². The highest BCUT2D eigenvalue weighted by atomic mass is 19.1. The monoisotopic (exact) mass is 352 g/mol. The molecular weight excluding hydrogens is 335 g/mol. The van der Waals surface area contributed by atoms with Gasteiger partial charge in [-0.1, -0.05) is 24.3 Å². The number of benzene rings is 2. The Hall–Kier alpha value is -3.48. The van der Waals surface area contributed by atoms with Crippen molar-refractivity contribution < 1.29 is 9.31 Å². The fourth-order valence-electron chi connectivity index (χ4n) is 2.59. The number of anilines is 3. The fraction of sp³-hybridized carbons (Fsp3) is 0.105. The van der Waals surface area contributed by atoms with Crippen molar-refractivity contribution in [1.29, 1.82) is 0 Å². The predicted octanol–water partition coefficient (Wildman–Crippen LogP) is 4.51. The summed E-state index contributed by atoms with van der Waals surface area (Å²) in [6.45, 7) is 0.226. The van der Waals surface area contributed by atoms with E-state index in [1.54, 1.807) is 24.1 Å². The number of halogens is 1. The van der Waals surface area contributed by atoms with Gasteiger partial charge in [-0.05, 0) is 35.9 Å². The third-order valence-corrected chi connectivity index (χ3v) is 3.96. The van der Waals surface area contributed by atoms with Crippen molar-refractivity contribution in [3.63, 3.8) is 0 Å². The van der Waals surface area contributed by atoms with E-state index in [1.165, 1.54) is 24.4 Å². The highest BCUT2D eigenvalue weighted by Gasteiger charge is 2.14. The first-order valence-corrected chi connectivity index (χ1v) is 7.97. The van der Waals surface area contributed by atoms with Crippen LogP contribution in [0.25, 0.3) is 0 Å². The Morgan fingerprint density at radius 2 is 1.92 bits per heavy atom. The lowest BCUT2D eigenvalue weighted by atomic mass is 10.1. The molecule has 132 valence electrons. The van der Waals surface area contributed by atoms with Crippen molar-refractivity contribution in [2.24, 2.45) is 0 Å². The van der Waals surface area contributed by atoms with Gasteiger partial charge < -0.3 is 10.2 Å². The number of aromatic nitrogens is 1. The molecule has 1 heterocycles. The number of nitro groups is 1. The number of hydrogen-bond acceptors (Lipinski definition) is 5. The Labute approximate surface area is 150 Å². The number of nitrogens with one attached hydrogen (secondary N) is 1. The number of pyridine rings is 1. The van der Waals surface area contributed by atoms with Gasteiger partial charge >= 0.3 is 5.69 Å². The van der Waals surface area contributed by atoms with Crippen LogP contribution in [-0.4, -0.2) is 17.0 Å². The van der Waals surface area contributed by atoms with Crippen LogP contribution >= 0.6 is 0 Å². The zero-order chi connectivity index (χ0) is 18.5. The Balaban J connectivity index is 1.75. The molecule has 3 rings (SSSR count). The molecule has 1 aromatic heterocycles. The zero-order valence-electron chi connectivity index (χ0n) is 14.1. The minimum atomic E-state index is -0.506. The molecule has 6 nitrogen and oxygen atoms in total. The molecule has 0 saturated carbocycles. The molecule has 2 aromatic carbocycles. The Kier molecular flexibility index (Phi) is 5.07.